The second-order valence-electron chi connectivity index (χ2n) is 8.24. The topological polar surface area (TPSA) is 60.0 Å². The molecule has 2 aliphatic heterocycles. The predicted molar refractivity (Wildman–Crippen MR) is 115 cm³/mol. The fourth-order valence-electron chi connectivity index (χ4n) is 4.26. The molecule has 0 radical (unpaired) electrons. The number of carbonyl (C=O) groups excluding carboxylic acids is 1. The third-order valence-corrected chi connectivity index (χ3v) is 6.19. The van der Waals surface area contributed by atoms with Crippen LogP contribution in [0.2, 0.25) is 0 Å². The van der Waals surface area contributed by atoms with E-state index in [0.29, 0.717) is 26.3 Å². The van der Waals surface area contributed by atoms with Crippen LogP contribution in [0.3, 0.4) is 0 Å². The number of rotatable bonds is 7. The Bertz CT molecular complexity index is 865. The Morgan fingerprint density at radius 1 is 1.10 bits per heavy atom. The van der Waals surface area contributed by atoms with E-state index in [4.69, 9.17) is 14.2 Å². The molecule has 0 spiro atoms. The summed E-state index contributed by atoms with van der Waals surface area (Å²) < 4.78 is 16.7. The summed E-state index contributed by atoms with van der Waals surface area (Å²) in [5.41, 5.74) is 2.24. The van der Waals surface area contributed by atoms with Gasteiger partial charge in [0.05, 0.1) is 6.04 Å². The van der Waals surface area contributed by atoms with E-state index in [1.54, 1.807) is 4.90 Å². The van der Waals surface area contributed by atoms with Crippen molar-refractivity contribution in [2.45, 2.75) is 37.8 Å². The Hall–Kier alpha value is -2.57. The predicted octanol–water partition coefficient (Wildman–Crippen LogP) is 3.10. The Labute approximate surface area is 178 Å². The molecule has 2 aromatic carbocycles. The van der Waals surface area contributed by atoms with Crippen LogP contribution in [0.5, 0.6) is 11.5 Å². The minimum atomic E-state index is -0.271. The summed E-state index contributed by atoms with van der Waals surface area (Å²) in [6.45, 7) is 4.95. The van der Waals surface area contributed by atoms with Crippen molar-refractivity contribution in [1.29, 1.82) is 0 Å². The lowest BCUT2D eigenvalue weighted by Gasteiger charge is -2.39. The van der Waals surface area contributed by atoms with Gasteiger partial charge in [0.15, 0.2) is 11.5 Å². The van der Waals surface area contributed by atoms with Gasteiger partial charge in [-0.05, 0) is 43.0 Å². The van der Waals surface area contributed by atoms with Gasteiger partial charge in [0.1, 0.15) is 0 Å². The number of likely N-dealkylation sites (N-methyl/N-ethyl adjacent to an activating group) is 1. The molecule has 160 valence electrons. The number of benzene rings is 2. The Kier molecular flexibility index (Phi) is 6.25. The maximum Gasteiger partial charge on any atom is 0.239 e. The normalized spacial score (nSPS) is 18.1. The lowest BCUT2D eigenvalue weighted by Crippen LogP contribution is -2.49. The van der Waals surface area contributed by atoms with E-state index in [1.807, 2.05) is 50.4 Å². The SMILES string of the molecule is CC(NCC1(c2ccc3c(c2)OCO3)CCOCC1)C(=O)N(C)Cc1ccccc1. The molecule has 1 fully saturated rings. The van der Waals surface area contributed by atoms with Crippen LogP contribution in [-0.2, 0) is 21.5 Å². The molecule has 4 rings (SSSR count). The molecule has 0 aliphatic carbocycles. The highest BCUT2D eigenvalue weighted by Crippen LogP contribution is 2.40. The van der Waals surface area contributed by atoms with Crippen molar-refractivity contribution in [3.8, 4) is 11.5 Å². The zero-order valence-electron chi connectivity index (χ0n) is 17.7. The van der Waals surface area contributed by atoms with Gasteiger partial charge in [-0.3, -0.25) is 4.79 Å². The molecule has 0 aromatic heterocycles. The first kappa shape index (κ1) is 20.7. The van der Waals surface area contributed by atoms with E-state index in [2.05, 4.69) is 17.4 Å². The van der Waals surface area contributed by atoms with E-state index < -0.39 is 0 Å². The second kappa shape index (κ2) is 9.06. The average Bonchev–Trinajstić information content (AvgIpc) is 3.26. The van der Waals surface area contributed by atoms with Crippen molar-refractivity contribution in [2.75, 3.05) is 33.6 Å². The molecular weight excluding hydrogens is 380 g/mol. The highest BCUT2D eigenvalue weighted by Gasteiger charge is 2.36. The summed E-state index contributed by atoms with van der Waals surface area (Å²) in [6, 6.07) is 16.0. The molecule has 2 aromatic rings. The van der Waals surface area contributed by atoms with Gasteiger partial charge in [-0.25, -0.2) is 0 Å². The standard InChI is InChI=1S/C24H30N2O4/c1-18(23(27)26(2)15-19-6-4-3-5-7-19)25-16-24(10-12-28-13-11-24)20-8-9-21-22(14-20)30-17-29-21/h3-9,14,18,25H,10-13,15-17H2,1-2H3. The number of carbonyl (C=O) groups is 1. The van der Waals surface area contributed by atoms with Gasteiger partial charge in [-0.2, -0.15) is 0 Å². The van der Waals surface area contributed by atoms with E-state index in [9.17, 15) is 4.79 Å². The molecular formula is C24H30N2O4. The van der Waals surface area contributed by atoms with Gasteiger partial charge in [-0.1, -0.05) is 36.4 Å². The van der Waals surface area contributed by atoms with Gasteiger partial charge in [0.25, 0.3) is 0 Å². The summed E-state index contributed by atoms with van der Waals surface area (Å²) in [6.07, 6.45) is 1.81. The molecule has 6 nitrogen and oxygen atoms in total. The van der Waals surface area contributed by atoms with E-state index in [0.717, 1.165) is 29.9 Å². The molecule has 30 heavy (non-hydrogen) atoms. The molecule has 1 unspecified atom stereocenters. The largest absolute Gasteiger partial charge is 0.454 e. The number of fused-ring (bicyclic) bond motifs is 1. The van der Waals surface area contributed by atoms with Crippen LogP contribution in [0.15, 0.2) is 48.5 Å². The van der Waals surface area contributed by atoms with Gasteiger partial charge in [0.2, 0.25) is 12.7 Å². The second-order valence-corrected chi connectivity index (χ2v) is 8.24. The summed E-state index contributed by atoms with van der Waals surface area (Å²) >= 11 is 0. The minimum absolute atomic E-state index is 0.0896. The van der Waals surface area contributed by atoms with Crippen molar-refractivity contribution in [3.63, 3.8) is 0 Å². The number of nitrogens with one attached hydrogen (secondary N) is 1. The molecule has 2 heterocycles. The van der Waals surface area contributed by atoms with Crippen molar-refractivity contribution in [3.05, 3.63) is 59.7 Å². The van der Waals surface area contributed by atoms with Crippen molar-refractivity contribution >= 4 is 5.91 Å². The van der Waals surface area contributed by atoms with Crippen LogP contribution in [0, 0.1) is 0 Å². The molecule has 6 heteroatoms. The van der Waals surface area contributed by atoms with E-state index in [1.165, 1.54) is 5.56 Å². The molecule has 2 aliphatic rings. The van der Waals surface area contributed by atoms with Gasteiger partial charge in [0, 0.05) is 38.8 Å². The smallest absolute Gasteiger partial charge is 0.239 e. The first-order valence-electron chi connectivity index (χ1n) is 10.6. The molecule has 1 saturated heterocycles. The maximum atomic E-state index is 12.9. The molecule has 1 amide bonds. The fourth-order valence-corrected chi connectivity index (χ4v) is 4.26. The van der Waals surface area contributed by atoms with Crippen LogP contribution >= 0.6 is 0 Å². The molecule has 1 N–H and O–H groups in total. The van der Waals surface area contributed by atoms with Gasteiger partial charge >= 0.3 is 0 Å². The molecule has 0 bridgehead atoms. The highest BCUT2D eigenvalue weighted by molar-refractivity contribution is 5.81. The molecule has 1 atom stereocenters. The van der Waals surface area contributed by atoms with Crippen molar-refractivity contribution in [1.82, 2.24) is 10.2 Å². The third-order valence-electron chi connectivity index (χ3n) is 6.19. The lowest BCUT2D eigenvalue weighted by atomic mass is 9.74. The maximum absolute atomic E-state index is 12.9. The van der Waals surface area contributed by atoms with Crippen LogP contribution in [0.4, 0.5) is 0 Å². The number of ether oxygens (including phenoxy) is 3. The first-order chi connectivity index (χ1) is 14.6. The van der Waals surface area contributed by atoms with Crippen LogP contribution in [-0.4, -0.2) is 50.4 Å². The van der Waals surface area contributed by atoms with Crippen molar-refractivity contribution < 1.29 is 19.0 Å². The van der Waals surface area contributed by atoms with Crippen molar-refractivity contribution in [2.24, 2.45) is 0 Å². The van der Waals surface area contributed by atoms with Crippen LogP contribution < -0.4 is 14.8 Å². The van der Waals surface area contributed by atoms with Crippen LogP contribution in [0.1, 0.15) is 30.9 Å². The van der Waals surface area contributed by atoms with E-state index >= 15 is 0 Å². The number of amides is 1. The summed E-state index contributed by atoms with van der Waals surface area (Å²) in [5, 5.41) is 3.51. The molecule has 0 saturated carbocycles. The fraction of sp³-hybridized carbons (Fsp3) is 0.458. The lowest BCUT2D eigenvalue weighted by molar-refractivity contribution is -0.132. The zero-order valence-corrected chi connectivity index (χ0v) is 17.7. The Balaban J connectivity index is 1.43. The first-order valence-corrected chi connectivity index (χ1v) is 10.6. The highest BCUT2D eigenvalue weighted by atomic mass is 16.7. The summed E-state index contributed by atoms with van der Waals surface area (Å²) in [7, 11) is 1.86. The quantitative estimate of drug-likeness (QED) is 0.760. The van der Waals surface area contributed by atoms with Crippen LogP contribution in [0.25, 0.3) is 0 Å². The number of hydrogen-bond acceptors (Lipinski definition) is 5. The van der Waals surface area contributed by atoms with Gasteiger partial charge in [-0.15, -0.1) is 0 Å². The number of hydrogen-bond donors (Lipinski definition) is 1. The van der Waals surface area contributed by atoms with E-state index in [-0.39, 0.29) is 24.2 Å². The average molecular weight is 411 g/mol. The monoisotopic (exact) mass is 410 g/mol. The number of nitrogens with zero attached hydrogens (tertiary/aromatic N) is 1. The van der Waals surface area contributed by atoms with Gasteiger partial charge < -0.3 is 24.4 Å². The Morgan fingerprint density at radius 2 is 1.83 bits per heavy atom. The summed E-state index contributed by atoms with van der Waals surface area (Å²) in [5.74, 6) is 1.68. The zero-order chi connectivity index (χ0) is 21.0. The minimum Gasteiger partial charge on any atom is -0.454 e. The third kappa shape index (κ3) is 4.45. The Morgan fingerprint density at radius 3 is 2.60 bits per heavy atom. The summed E-state index contributed by atoms with van der Waals surface area (Å²) in [4.78, 5) is 14.7.